The zero-order valence-corrected chi connectivity index (χ0v) is 13.0. The Labute approximate surface area is 133 Å². The van der Waals surface area contributed by atoms with Crippen molar-refractivity contribution in [1.82, 2.24) is 4.98 Å². The van der Waals surface area contributed by atoms with Gasteiger partial charge in [-0.2, -0.15) is 0 Å². The maximum atomic E-state index is 12.2. The van der Waals surface area contributed by atoms with E-state index >= 15 is 0 Å². The number of anilines is 1. The summed E-state index contributed by atoms with van der Waals surface area (Å²) in [5.74, 6) is 0.0592. The molecule has 0 radical (unpaired) electrons. The van der Waals surface area contributed by atoms with Crippen molar-refractivity contribution in [1.29, 1.82) is 0 Å². The van der Waals surface area contributed by atoms with Gasteiger partial charge in [0.05, 0.1) is 5.69 Å². The molecule has 1 fully saturated rings. The standard InChI is InChI=1S/C17H16N2O2S/c1-12(20)22-15-10-17(21)19(11-15)14-7-8-18-16(9-14)13-5-3-2-4-6-13/h2-9,15H,10-11H2,1H3. The van der Waals surface area contributed by atoms with E-state index in [-0.39, 0.29) is 16.3 Å². The zero-order chi connectivity index (χ0) is 15.5. The maximum absolute atomic E-state index is 12.2. The summed E-state index contributed by atoms with van der Waals surface area (Å²) >= 11 is 1.25. The van der Waals surface area contributed by atoms with Crippen LogP contribution in [0.15, 0.2) is 48.7 Å². The van der Waals surface area contributed by atoms with Crippen molar-refractivity contribution >= 4 is 28.5 Å². The molecule has 1 aliphatic rings. The van der Waals surface area contributed by atoms with Crippen molar-refractivity contribution in [2.75, 3.05) is 11.4 Å². The zero-order valence-electron chi connectivity index (χ0n) is 12.2. The molecule has 1 aromatic heterocycles. The van der Waals surface area contributed by atoms with E-state index in [1.807, 2.05) is 42.5 Å². The number of carbonyl (C=O) groups is 2. The summed E-state index contributed by atoms with van der Waals surface area (Å²) in [4.78, 5) is 29.5. The first-order chi connectivity index (χ1) is 10.6. The van der Waals surface area contributed by atoms with E-state index in [2.05, 4.69) is 4.98 Å². The highest BCUT2D eigenvalue weighted by Gasteiger charge is 2.32. The second kappa shape index (κ2) is 6.32. The molecule has 1 aromatic carbocycles. The molecular weight excluding hydrogens is 296 g/mol. The van der Waals surface area contributed by atoms with Gasteiger partial charge in [0.15, 0.2) is 5.12 Å². The van der Waals surface area contributed by atoms with Gasteiger partial charge in [-0.05, 0) is 12.1 Å². The number of carbonyl (C=O) groups excluding carboxylic acids is 2. The van der Waals surface area contributed by atoms with Crippen molar-refractivity contribution in [3.8, 4) is 11.3 Å². The van der Waals surface area contributed by atoms with Crippen LogP contribution in [0.3, 0.4) is 0 Å². The third-order valence-electron chi connectivity index (χ3n) is 3.55. The Hall–Kier alpha value is -2.14. The van der Waals surface area contributed by atoms with E-state index in [0.717, 1.165) is 16.9 Å². The van der Waals surface area contributed by atoms with Crippen LogP contribution in [0.25, 0.3) is 11.3 Å². The van der Waals surface area contributed by atoms with Crippen LogP contribution in [0.1, 0.15) is 13.3 Å². The van der Waals surface area contributed by atoms with E-state index < -0.39 is 0 Å². The Morgan fingerprint density at radius 1 is 1.27 bits per heavy atom. The van der Waals surface area contributed by atoms with Gasteiger partial charge < -0.3 is 4.90 Å². The Morgan fingerprint density at radius 2 is 2.05 bits per heavy atom. The predicted molar refractivity (Wildman–Crippen MR) is 88.7 cm³/mol. The van der Waals surface area contributed by atoms with Gasteiger partial charge in [0, 0.05) is 42.6 Å². The molecule has 112 valence electrons. The molecule has 1 aliphatic heterocycles. The van der Waals surface area contributed by atoms with Gasteiger partial charge >= 0.3 is 0 Å². The molecule has 2 aromatic rings. The molecule has 0 N–H and O–H groups in total. The molecule has 2 heterocycles. The lowest BCUT2D eigenvalue weighted by Gasteiger charge is -2.17. The quantitative estimate of drug-likeness (QED) is 0.873. The van der Waals surface area contributed by atoms with Crippen LogP contribution < -0.4 is 4.90 Å². The van der Waals surface area contributed by atoms with Crippen molar-refractivity contribution in [3.05, 3.63) is 48.7 Å². The lowest BCUT2D eigenvalue weighted by Crippen LogP contribution is -2.25. The molecular formula is C17H16N2O2S. The molecule has 5 heteroatoms. The minimum Gasteiger partial charge on any atom is -0.311 e. The first-order valence-corrected chi connectivity index (χ1v) is 8.00. The number of amides is 1. The van der Waals surface area contributed by atoms with Crippen LogP contribution in [0, 0.1) is 0 Å². The topological polar surface area (TPSA) is 50.3 Å². The van der Waals surface area contributed by atoms with Crippen molar-refractivity contribution in [2.45, 2.75) is 18.6 Å². The van der Waals surface area contributed by atoms with Gasteiger partial charge in [0.2, 0.25) is 5.91 Å². The Bertz CT molecular complexity index is 703. The number of aromatic nitrogens is 1. The molecule has 3 rings (SSSR count). The lowest BCUT2D eigenvalue weighted by molar-refractivity contribution is -0.117. The molecule has 1 saturated heterocycles. The highest BCUT2D eigenvalue weighted by atomic mass is 32.2. The first-order valence-electron chi connectivity index (χ1n) is 7.12. The van der Waals surface area contributed by atoms with Crippen LogP contribution in [0.5, 0.6) is 0 Å². The summed E-state index contributed by atoms with van der Waals surface area (Å²) in [6.45, 7) is 2.11. The lowest BCUT2D eigenvalue weighted by atomic mass is 10.1. The van der Waals surface area contributed by atoms with Gasteiger partial charge in [0.25, 0.3) is 0 Å². The third kappa shape index (κ3) is 3.20. The van der Waals surface area contributed by atoms with E-state index in [9.17, 15) is 9.59 Å². The maximum Gasteiger partial charge on any atom is 0.228 e. The molecule has 0 spiro atoms. The number of rotatable bonds is 3. The fourth-order valence-electron chi connectivity index (χ4n) is 2.59. The van der Waals surface area contributed by atoms with Crippen molar-refractivity contribution < 1.29 is 9.59 Å². The molecule has 22 heavy (non-hydrogen) atoms. The summed E-state index contributed by atoms with van der Waals surface area (Å²) in [5.41, 5.74) is 2.70. The van der Waals surface area contributed by atoms with E-state index in [0.29, 0.717) is 13.0 Å². The van der Waals surface area contributed by atoms with Crippen LogP contribution in [-0.4, -0.2) is 27.8 Å². The van der Waals surface area contributed by atoms with Gasteiger partial charge in [0.1, 0.15) is 0 Å². The summed E-state index contributed by atoms with van der Waals surface area (Å²) in [6, 6.07) is 13.6. The van der Waals surface area contributed by atoms with Gasteiger partial charge in [-0.1, -0.05) is 42.1 Å². The highest BCUT2D eigenvalue weighted by molar-refractivity contribution is 8.14. The average Bonchev–Trinajstić information content (AvgIpc) is 2.88. The number of nitrogens with zero attached hydrogens (tertiary/aromatic N) is 2. The van der Waals surface area contributed by atoms with Crippen LogP contribution in [0.2, 0.25) is 0 Å². The smallest absolute Gasteiger partial charge is 0.228 e. The summed E-state index contributed by atoms with van der Waals surface area (Å²) in [5, 5.41) is 0.0951. The van der Waals surface area contributed by atoms with Crippen molar-refractivity contribution in [3.63, 3.8) is 0 Å². The normalized spacial score (nSPS) is 17.8. The summed E-state index contributed by atoms with van der Waals surface area (Å²) in [7, 11) is 0. The number of hydrogen-bond donors (Lipinski definition) is 0. The largest absolute Gasteiger partial charge is 0.311 e. The number of pyridine rings is 1. The van der Waals surface area contributed by atoms with E-state index in [1.54, 1.807) is 11.1 Å². The van der Waals surface area contributed by atoms with Crippen molar-refractivity contribution in [2.24, 2.45) is 0 Å². The van der Waals surface area contributed by atoms with Crippen LogP contribution in [-0.2, 0) is 9.59 Å². The fraction of sp³-hybridized carbons (Fsp3) is 0.235. The number of thioether (sulfide) groups is 1. The average molecular weight is 312 g/mol. The molecule has 1 atom stereocenters. The molecule has 0 saturated carbocycles. The van der Waals surface area contributed by atoms with Gasteiger partial charge in [-0.15, -0.1) is 0 Å². The Kier molecular flexibility index (Phi) is 4.24. The minimum absolute atomic E-state index is 0.0401. The Balaban J connectivity index is 1.84. The summed E-state index contributed by atoms with van der Waals surface area (Å²) in [6.07, 6.45) is 2.13. The molecule has 4 nitrogen and oxygen atoms in total. The second-order valence-electron chi connectivity index (χ2n) is 5.21. The van der Waals surface area contributed by atoms with Gasteiger partial charge in [-0.25, -0.2) is 0 Å². The van der Waals surface area contributed by atoms with Crippen LogP contribution >= 0.6 is 11.8 Å². The second-order valence-corrected chi connectivity index (χ2v) is 6.68. The monoisotopic (exact) mass is 312 g/mol. The fourth-order valence-corrected chi connectivity index (χ4v) is 3.51. The number of hydrogen-bond acceptors (Lipinski definition) is 4. The molecule has 0 bridgehead atoms. The first kappa shape index (κ1) is 14.8. The third-order valence-corrected chi connectivity index (χ3v) is 4.53. The highest BCUT2D eigenvalue weighted by Crippen LogP contribution is 2.30. The Morgan fingerprint density at radius 3 is 2.77 bits per heavy atom. The number of benzene rings is 1. The van der Waals surface area contributed by atoms with E-state index in [4.69, 9.17) is 0 Å². The van der Waals surface area contributed by atoms with Crippen LogP contribution in [0.4, 0.5) is 5.69 Å². The predicted octanol–water partition coefficient (Wildman–Crippen LogP) is 3.13. The van der Waals surface area contributed by atoms with Gasteiger partial charge in [-0.3, -0.25) is 14.6 Å². The minimum atomic E-state index is 0.0401. The molecule has 0 aliphatic carbocycles. The summed E-state index contributed by atoms with van der Waals surface area (Å²) < 4.78 is 0. The molecule has 1 amide bonds. The SMILES string of the molecule is CC(=O)SC1CC(=O)N(c2ccnc(-c3ccccc3)c2)C1. The van der Waals surface area contributed by atoms with E-state index in [1.165, 1.54) is 18.7 Å². The molecule has 1 unspecified atom stereocenters.